The van der Waals surface area contributed by atoms with Gasteiger partial charge in [-0.05, 0) is 13.1 Å². The van der Waals surface area contributed by atoms with Crippen LogP contribution in [-0.4, -0.2) is 34.6 Å². The van der Waals surface area contributed by atoms with Crippen molar-refractivity contribution in [3.63, 3.8) is 0 Å². The molecule has 1 rings (SSSR count). The maximum Gasteiger partial charge on any atom is 0.317 e. The molecule has 0 radical (unpaired) electrons. The van der Waals surface area contributed by atoms with Crippen molar-refractivity contribution in [2.75, 3.05) is 13.6 Å². The molecule has 0 aromatic carbocycles. The molecule has 5 nitrogen and oxygen atoms in total. The van der Waals surface area contributed by atoms with Gasteiger partial charge in [0.05, 0.1) is 6.54 Å². The van der Waals surface area contributed by atoms with Gasteiger partial charge in [-0.15, -0.1) is 0 Å². The third-order valence-corrected chi connectivity index (χ3v) is 1.84. The van der Waals surface area contributed by atoms with Crippen molar-refractivity contribution < 1.29 is 9.90 Å². The largest absolute Gasteiger partial charge is 0.480 e. The molecule has 1 aromatic heterocycles. The van der Waals surface area contributed by atoms with E-state index in [2.05, 4.69) is 4.98 Å². The molecule has 0 aliphatic heterocycles. The summed E-state index contributed by atoms with van der Waals surface area (Å²) in [6, 6.07) is 5.46. The van der Waals surface area contributed by atoms with Crippen LogP contribution in [0.1, 0.15) is 11.3 Å². The number of pyridine rings is 1. The number of carboxylic acid groups (broad SMARTS) is 1. The molecule has 0 bridgehead atoms. The Balaban J connectivity index is 2.72. The number of hydrogen-bond donors (Lipinski definition) is 1. The van der Waals surface area contributed by atoms with E-state index in [0.29, 0.717) is 12.2 Å². The van der Waals surface area contributed by atoms with Gasteiger partial charge in [-0.3, -0.25) is 9.69 Å². The van der Waals surface area contributed by atoms with Gasteiger partial charge in [-0.1, -0.05) is 6.07 Å². The zero-order chi connectivity index (χ0) is 11.3. The number of aliphatic carboxylic acids is 1. The normalized spacial score (nSPS) is 9.93. The third-order valence-electron chi connectivity index (χ3n) is 1.84. The molecule has 0 fully saturated rings. The van der Waals surface area contributed by atoms with Crippen LogP contribution in [0.25, 0.3) is 0 Å². The highest BCUT2D eigenvalue weighted by atomic mass is 16.4. The quantitative estimate of drug-likeness (QED) is 0.773. The number of rotatable bonds is 4. The maximum absolute atomic E-state index is 10.4. The average molecular weight is 205 g/mol. The van der Waals surface area contributed by atoms with Crippen molar-refractivity contribution in [1.29, 1.82) is 5.26 Å². The fourth-order valence-corrected chi connectivity index (χ4v) is 1.24. The summed E-state index contributed by atoms with van der Waals surface area (Å²) in [5.41, 5.74) is 1.08. The first-order valence-corrected chi connectivity index (χ1v) is 4.38. The third kappa shape index (κ3) is 3.37. The fraction of sp³-hybridized carbons (Fsp3) is 0.300. The van der Waals surface area contributed by atoms with E-state index in [0.717, 1.165) is 5.56 Å². The Morgan fingerprint density at radius 2 is 2.47 bits per heavy atom. The van der Waals surface area contributed by atoms with Crippen molar-refractivity contribution >= 4 is 5.97 Å². The van der Waals surface area contributed by atoms with Crippen molar-refractivity contribution in [3.05, 3.63) is 29.6 Å². The number of likely N-dealkylation sites (N-methyl/N-ethyl adjacent to an activating group) is 1. The lowest BCUT2D eigenvalue weighted by atomic mass is 10.2. The van der Waals surface area contributed by atoms with E-state index in [1.54, 1.807) is 30.3 Å². The van der Waals surface area contributed by atoms with Crippen molar-refractivity contribution in [3.8, 4) is 6.07 Å². The van der Waals surface area contributed by atoms with E-state index in [1.165, 1.54) is 0 Å². The second kappa shape index (κ2) is 5.08. The molecular formula is C10H11N3O2. The van der Waals surface area contributed by atoms with Crippen LogP contribution in [0.3, 0.4) is 0 Å². The first kappa shape index (κ1) is 11.1. The molecule has 0 saturated carbocycles. The molecular weight excluding hydrogens is 194 g/mol. The van der Waals surface area contributed by atoms with Crippen LogP contribution in [0.4, 0.5) is 0 Å². The second-order valence-electron chi connectivity index (χ2n) is 3.19. The van der Waals surface area contributed by atoms with Gasteiger partial charge in [0.1, 0.15) is 11.8 Å². The van der Waals surface area contributed by atoms with Crippen LogP contribution in [0.5, 0.6) is 0 Å². The summed E-state index contributed by atoms with van der Waals surface area (Å²) in [7, 11) is 1.68. The number of carbonyl (C=O) groups is 1. The molecule has 1 N–H and O–H groups in total. The van der Waals surface area contributed by atoms with Gasteiger partial charge in [-0.25, -0.2) is 4.98 Å². The monoisotopic (exact) mass is 205 g/mol. The lowest BCUT2D eigenvalue weighted by Gasteiger charge is -2.13. The first-order valence-electron chi connectivity index (χ1n) is 4.38. The Labute approximate surface area is 87.6 Å². The smallest absolute Gasteiger partial charge is 0.317 e. The van der Waals surface area contributed by atoms with Gasteiger partial charge >= 0.3 is 5.97 Å². The van der Waals surface area contributed by atoms with Crippen LogP contribution >= 0.6 is 0 Å². The van der Waals surface area contributed by atoms with Gasteiger partial charge in [-0.2, -0.15) is 5.26 Å². The van der Waals surface area contributed by atoms with E-state index in [1.807, 2.05) is 6.07 Å². The van der Waals surface area contributed by atoms with Crippen LogP contribution in [0.2, 0.25) is 0 Å². The van der Waals surface area contributed by atoms with E-state index < -0.39 is 5.97 Å². The predicted molar refractivity (Wildman–Crippen MR) is 52.9 cm³/mol. The summed E-state index contributed by atoms with van der Waals surface area (Å²) in [4.78, 5) is 15.9. The fourth-order valence-electron chi connectivity index (χ4n) is 1.24. The number of hydrogen-bond acceptors (Lipinski definition) is 4. The Hall–Kier alpha value is -1.93. The number of aromatic nitrogens is 1. The summed E-state index contributed by atoms with van der Waals surface area (Å²) in [6.07, 6.45) is 1.54. The lowest BCUT2D eigenvalue weighted by Crippen LogP contribution is -2.25. The average Bonchev–Trinajstić information content (AvgIpc) is 2.17. The molecule has 0 spiro atoms. The second-order valence-corrected chi connectivity index (χ2v) is 3.19. The predicted octanol–water partition coefficient (Wildman–Crippen LogP) is 0.470. The van der Waals surface area contributed by atoms with E-state index in [9.17, 15) is 4.79 Å². The van der Waals surface area contributed by atoms with Gasteiger partial charge < -0.3 is 5.11 Å². The Kier molecular flexibility index (Phi) is 3.77. The summed E-state index contributed by atoms with van der Waals surface area (Å²) in [5, 5.41) is 17.3. The zero-order valence-corrected chi connectivity index (χ0v) is 8.34. The number of nitrogens with zero attached hydrogens (tertiary/aromatic N) is 3. The molecule has 0 amide bonds. The van der Waals surface area contributed by atoms with Crippen LogP contribution in [0, 0.1) is 11.3 Å². The van der Waals surface area contributed by atoms with Crippen molar-refractivity contribution in [2.45, 2.75) is 6.54 Å². The Morgan fingerprint density at radius 1 is 1.73 bits per heavy atom. The van der Waals surface area contributed by atoms with Crippen molar-refractivity contribution in [2.24, 2.45) is 0 Å². The van der Waals surface area contributed by atoms with Gasteiger partial charge in [0.2, 0.25) is 0 Å². The SMILES string of the molecule is CN(CC(=O)O)Cc1cccnc1C#N. The number of nitriles is 1. The standard InChI is InChI=1S/C10H11N3O2/c1-13(7-10(14)15)6-8-3-2-4-12-9(8)5-11/h2-4H,6-7H2,1H3,(H,14,15). The van der Waals surface area contributed by atoms with E-state index in [-0.39, 0.29) is 6.54 Å². The van der Waals surface area contributed by atoms with Gasteiger partial charge in [0.25, 0.3) is 0 Å². The highest BCUT2D eigenvalue weighted by molar-refractivity contribution is 5.69. The van der Waals surface area contributed by atoms with Crippen molar-refractivity contribution in [1.82, 2.24) is 9.88 Å². The highest BCUT2D eigenvalue weighted by Crippen LogP contribution is 2.06. The lowest BCUT2D eigenvalue weighted by molar-refractivity contribution is -0.138. The zero-order valence-electron chi connectivity index (χ0n) is 8.34. The number of carboxylic acids is 1. The van der Waals surface area contributed by atoms with Crippen LogP contribution in [0.15, 0.2) is 18.3 Å². The molecule has 5 heteroatoms. The van der Waals surface area contributed by atoms with Crippen LogP contribution in [-0.2, 0) is 11.3 Å². The Bertz CT molecular complexity index is 398. The summed E-state index contributed by atoms with van der Waals surface area (Å²) >= 11 is 0. The molecule has 0 atom stereocenters. The minimum atomic E-state index is -0.889. The topological polar surface area (TPSA) is 77.2 Å². The first-order chi connectivity index (χ1) is 7.13. The summed E-state index contributed by atoms with van der Waals surface area (Å²) < 4.78 is 0. The molecule has 15 heavy (non-hydrogen) atoms. The molecule has 78 valence electrons. The molecule has 1 aromatic rings. The van der Waals surface area contributed by atoms with E-state index >= 15 is 0 Å². The molecule has 0 aliphatic carbocycles. The Morgan fingerprint density at radius 3 is 3.07 bits per heavy atom. The van der Waals surface area contributed by atoms with Crippen LogP contribution < -0.4 is 0 Å². The van der Waals surface area contributed by atoms with Gasteiger partial charge in [0.15, 0.2) is 0 Å². The van der Waals surface area contributed by atoms with Gasteiger partial charge in [0, 0.05) is 18.3 Å². The van der Waals surface area contributed by atoms with E-state index in [4.69, 9.17) is 10.4 Å². The molecule has 0 aliphatic rings. The highest BCUT2D eigenvalue weighted by Gasteiger charge is 2.08. The minimum absolute atomic E-state index is 0.0558. The molecule has 0 unspecified atom stereocenters. The minimum Gasteiger partial charge on any atom is -0.480 e. The maximum atomic E-state index is 10.4. The summed E-state index contributed by atoms with van der Waals surface area (Å²) in [6.45, 7) is 0.350. The summed E-state index contributed by atoms with van der Waals surface area (Å²) in [5.74, 6) is -0.889. The molecule has 0 saturated heterocycles. The molecule has 1 heterocycles.